The van der Waals surface area contributed by atoms with E-state index in [1.165, 1.54) is 5.56 Å². The van der Waals surface area contributed by atoms with E-state index >= 15 is 0 Å². The lowest BCUT2D eigenvalue weighted by Gasteiger charge is -2.29. The molecule has 0 amide bonds. The fraction of sp³-hybridized carbons (Fsp3) is 0.318. The average Bonchev–Trinajstić information content (AvgIpc) is 3.06. The first-order chi connectivity index (χ1) is 13.2. The molecule has 2 aromatic carbocycles. The van der Waals surface area contributed by atoms with Gasteiger partial charge in [0.05, 0.1) is 17.8 Å². The predicted molar refractivity (Wildman–Crippen MR) is 107 cm³/mol. The molecule has 1 aliphatic rings. The van der Waals surface area contributed by atoms with Crippen molar-refractivity contribution in [2.24, 2.45) is 0 Å². The summed E-state index contributed by atoms with van der Waals surface area (Å²) in [5, 5.41) is 6.52. The Morgan fingerprint density at radius 2 is 1.74 bits per heavy atom. The van der Waals surface area contributed by atoms with Gasteiger partial charge in [0.1, 0.15) is 0 Å². The van der Waals surface area contributed by atoms with Crippen molar-refractivity contribution in [2.45, 2.75) is 44.3 Å². The molecule has 0 aliphatic carbocycles. The largest absolute Gasteiger partial charge is 0.370 e. The number of aromatic amines is 2. The maximum Gasteiger partial charge on any atom is 0.269 e. The molecule has 1 aliphatic heterocycles. The summed E-state index contributed by atoms with van der Waals surface area (Å²) in [6.45, 7) is 0. The number of hydrogen-bond acceptors (Lipinski definition) is 2. The first-order valence-electron chi connectivity index (χ1n) is 9.42. The molecule has 1 aromatic heterocycles. The van der Waals surface area contributed by atoms with Crippen LogP contribution in [0.1, 0.15) is 41.3 Å². The number of nitrogens with one attached hydrogen (secondary N) is 2. The van der Waals surface area contributed by atoms with Crippen LogP contribution in [0.2, 0.25) is 5.02 Å². The van der Waals surface area contributed by atoms with Crippen LogP contribution in [0.4, 0.5) is 0 Å². The summed E-state index contributed by atoms with van der Waals surface area (Å²) in [5.41, 5.74) is 4.15. The van der Waals surface area contributed by atoms with Crippen molar-refractivity contribution in [3.8, 4) is 0 Å². The van der Waals surface area contributed by atoms with Crippen LogP contribution >= 0.6 is 11.6 Å². The van der Waals surface area contributed by atoms with Gasteiger partial charge in [0.25, 0.3) is 5.56 Å². The monoisotopic (exact) mass is 382 g/mol. The number of aromatic nitrogens is 2. The van der Waals surface area contributed by atoms with Crippen LogP contribution in [0.15, 0.2) is 59.4 Å². The summed E-state index contributed by atoms with van der Waals surface area (Å²) in [6.07, 6.45) is 4.14. The highest BCUT2D eigenvalue weighted by Crippen LogP contribution is 2.32. The van der Waals surface area contributed by atoms with E-state index in [2.05, 4.69) is 40.5 Å². The van der Waals surface area contributed by atoms with E-state index in [9.17, 15) is 4.79 Å². The Labute approximate surface area is 163 Å². The number of rotatable bonds is 6. The van der Waals surface area contributed by atoms with E-state index in [1.54, 1.807) is 0 Å². The van der Waals surface area contributed by atoms with Crippen molar-refractivity contribution in [2.75, 3.05) is 0 Å². The second-order valence-corrected chi connectivity index (χ2v) is 7.55. The second-order valence-electron chi connectivity index (χ2n) is 7.12. The maximum atomic E-state index is 12.2. The standard InChI is InChI=1S/C22H23ClN2O2/c23-17-8-4-7-16(13-17)10-12-20-21-19(24-25-22(21)26)14-18(27-20)11-9-15-5-2-1-3-6-15/h1-8,13,18,20H,9-12,14H2,(H2,24,25,26)/t18-,20+/m1/s1. The van der Waals surface area contributed by atoms with Gasteiger partial charge in [0.2, 0.25) is 0 Å². The molecule has 2 N–H and O–H groups in total. The summed E-state index contributed by atoms with van der Waals surface area (Å²) < 4.78 is 6.35. The van der Waals surface area contributed by atoms with Crippen LogP contribution < -0.4 is 5.56 Å². The van der Waals surface area contributed by atoms with Gasteiger partial charge in [0.15, 0.2) is 0 Å². The number of ether oxygens (including phenoxy) is 1. The zero-order chi connectivity index (χ0) is 18.6. The van der Waals surface area contributed by atoms with Gasteiger partial charge in [-0.3, -0.25) is 9.89 Å². The van der Waals surface area contributed by atoms with Crippen molar-refractivity contribution >= 4 is 11.6 Å². The lowest BCUT2D eigenvalue weighted by Crippen LogP contribution is -2.29. The van der Waals surface area contributed by atoms with Crippen LogP contribution in [0, 0.1) is 0 Å². The van der Waals surface area contributed by atoms with Gasteiger partial charge in [-0.1, -0.05) is 54.1 Å². The number of fused-ring (bicyclic) bond motifs is 1. The predicted octanol–water partition coefficient (Wildman–Crippen LogP) is 4.60. The highest BCUT2D eigenvalue weighted by molar-refractivity contribution is 6.30. The number of aryl methyl sites for hydroxylation is 2. The van der Waals surface area contributed by atoms with Gasteiger partial charge < -0.3 is 9.84 Å². The van der Waals surface area contributed by atoms with Gasteiger partial charge in [0, 0.05) is 17.1 Å². The first-order valence-corrected chi connectivity index (χ1v) is 9.80. The molecule has 2 atom stereocenters. The molecule has 0 fully saturated rings. The molecule has 0 saturated carbocycles. The Bertz CT molecular complexity index is 948. The minimum absolute atomic E-state index is 0.0670. The Hall–Kier alpha value is -2.30. The van der Waals surface area contributed by atoms with E-state index in [0.717, 1.165) is 53.9 Å². The highest BCUT2D eigenvalue weighted by atomic mass is 35.5. The molecule has 0 unspecified atom stereocenters. The number of H-pyrrole nitrogens is 2. The molecule has 0 radical (unpaired) electrons. The highest BCUT2D eigenvalue weighted by Gasteiger charge is 2.31. The smallest absolute Gasteiger partial charge is 0.269 e. The van der Waals surface area contributed by atoms with Crippen LogP contribution in [0.25, 0.3) is 0 Å². The van der Waals surface area contributed by atoms with Gasteiger partial charge in [-0.15, -0.1) is 0 Å². The summed E-state index contributed by atoms with van der Waals surface area (Å²) in [7, 11) is 0. The normalized spacial score (nSPS) is 19.0. The van der Waals surface area contributed by atoms with Gasteiger partial charge >= 0.3 is 0 Å². The summed E-state index contributed by atoms with van der Waals surface area (Å²) in [5.74, 6) is 0. The maximum absolute atomic E-state index is 12.2. The molecule has 3 aromatic rings. The fourth-order valence-electron chi connectivity index (χ4n) is 3.83. The summed E-state index contributed by atoms with van der Waals surface area (Å²) >= 11 is 6.09. The number of hydrogen-bond donors (Lipinski definition) is 2. The van der Waals surface area contributed by atoms with Crippen molar-refractivity contribution in [3.05, 3.63) is 92.4 Å². The average molecular weight is 383 g/mol. The van der Waals surface area contributed by atoms with Crippen LogP contribution in [-0.4, -0.2) is 16.3 Å². The quantitative estimate of drug-likeness (QED) is 0.654. The molecule has 0 spiro atoms. The van der Waals surface area contributed by atoms with E-state index in [0.29, 0.717) is 0 Å². The lowest BCUT2D eigenvalue weighted by molar-refractivity contribution is -0.0341. The molecule has 2 heterocycles. The fourth-order valence-corrected chi connectivity index (χ4v) is 4.04. The number of halogens is 1. The first kappa shape index (κ1) is 18.1. The van der Waals surface area contributed by atoms with Gasteiger partial charge in [-0.05, 0) is 48.9 Å². The molecule has 4 nitrogen and oxygen atoms in total. The van der Waals surface area contributed by atoms with Crippen molar-refractivity contribution in [3.63, 3.8) is 0 Å². The van der Waals surface area contributed by atoms with Crippen LogP contribution in [0.3, 0.4) is 0 Å². The Morgan fingerprint density at radius 1 is 0.963 bits per heavy atom. The minimum Gasteiger partial charge on any atom is -0.370 e. The molecule has 0 saturated heterocycles. The van der Waals surface area contributed by atoms with Crippen LogP contribution in [0.5, 0.6) is 0 Å². The zero-order valence-electron chi connectivity index (χ0n) is 15.1. The van der Waals surface area contributed by atoms with Crippen molar-refractivity contribution < 1.29 is 4.74 Å². The molecule has 0 bridgehead atoms. The second kappa shape index (κ2) is 8.15. The number of benzene rings is 2. The van der Waals surface area contributed by atoms with Gasteiger partial charge in [-0.25, -0.2) is 0 Å². The van der Waals surface area contributed by atoms with Crippen LogP contribution in [-0.2, 0) is 24.0 Å². The Balaban J connectivity index is 1.46. The van der Waals surface area contributed by atoms with Crippen molar-refractivity contribution in [1.82, 2.24) is 10.2 Å². The minimum atomic E-state index is -0.191. The molecule has 4 rings (SSSR count). The lowest BCUT2D eigenvalue weighted by atomic mass is 9.94. The molecular weight excluding hydrogens is 360 g/mol. The topological polar surface area (TPSA) is 57.9 Å². The van der Waals surface area contributed by atoms with E-state index < -0.39 is 0 Å². The third-order valence-electron chi connectivity index (χ3n) is 5.19. The van der Waals surface area contributed by atoms with E-state index in [-0.39, 0.29) is 17.8 Å². The molecular formula is C22H23ClN2O2. The third kappa shape index (κ3) is 4.34. The zero-order valence-corrected chi connectivity index (χ0v) is 15.8. The van der Waals surface area contributed by atoms with E-state index in [4.69, 9.17) is 16.3 Å². The van der Waals surface area contributed by atoms with E-state index in [1.807, 2.05) is 24.3 Å². The van der Waals surface area contributed by atoms with Gasteiger partial charge in [-0.2, -0.15) is 0 Å². The van der Waals surface area contributed by atoms with Crippen molar-refractivity contribution in [1.29, 1.82) is 0 Å². The SMILES string of the molecule is O=c1[nH][nH]c2c1[C@H](CCc1cccc(Cl)c1)O[C@H](CCc1ccccc1)C2. The Kier molecular flexibility index (Phi) is 5.46. The summed E-state index contributed by atoms with van der Waals surface area (Å²) in [6, 6.07) is 18.3. The molecule has 140 valence electrons. The molecule has 27 heavy (non-hydrogen) atoms. The molecule has 5 heteroatoms. The third-order valence-corrected chi connectivity index (χ3v) is 5.42. The Morgan fingerprint density at radius 3 is 2.56 bits per heavy atom. The summed E-state index contributed by atoms with van der Waals surface area (Å²) in [4.78, 5) is 12.2.